The number of rotatable bonds is 7. The summed E-state index contributed by atoms with van der Waals surface area (Å²) < 4.78 is 8.02. The molecular weight excluding hydrogens is 455 g/mol. The topological polar surface area (TPSA) is 76.4 Å². The van der Waals surface area contributed by atoms with Gasteiger partial charge in [0.05, 0.1) is 12.6 Å². The number of nitrogens with zero attached hydrogens (tertiary/aromatic N) is 4. The fourth-order valence-electron chi connectivity index (χ4n) is 2.38. The van der Waals surface area contributed by atoms with Gasteiger partial charge in [-0.3, -0.25) is 4.99 Å². The highest BCUT2D eigenvalue weighted by Gasteiger charge is 2.10. The van der Waals surface area contributed by atoms with E-state index in [1.807, 2.05) is 18.5 Å². The van der Waals surface area contributed by atoms with Crippen LogP contribution in [0.3, 0.4) is 0 Å². The van der Waals surface area contributed by atoms with Crippen LogP contribution in [0, 0.1) is 13.8 Å². The summed E-state index contributed by atoms with van der Waals surface area (Å²) in [5, 5.41) is 14.8. The molecule has 0 spiro atoms. The number of benzene rings is 1. The third-order valence-electron chi connectivity index (χ3n) is 4.39. The second-order valence-corrected chi connectivity index (χ2v) is 6.45. The zero-order chi connectivity index (χ0) is 19.1. The van der Waals surface area contributed by atoms with Crippen LogP contribution in [0.1, 0.15) is 43.0 Å². The summed E-state index contributed by atoms with van der Waals surface area (Å²) in [4.78, 5) is 4.28. The van der Waals surface area contributed by atoms with E-state index in [2.05, 4.69) is 64.8 Å². The molecule has 7 nitrogen and oxygen atoms in total. The lowest BCUT2D eigenvalue weighted by molar-refractivity contribution is 0.215. The summed E-state index contributed by atoms with van der Waals surface area (Å²) in [7, 11) is 3.70. The Kier molecular flexibility index (Phi) is 9.54. The number of aliphatic imine (C=N–C) groups is 1. The summed E-state index contributed by atoms with van der Waals surface area (Å²) >= 11 is 0. The minimum Gasteiger partial charge on any atom is -0.490 e. The van der Waals surface area contributed by atoms with Gasteiger partial charge in [-0.25, -0.2) is 0 Å². The fourth-order valence-corrected chi connectivity index (χ4v) is 2.38. The molecule has 1 aromatic carbocycles. The average Bonchev–Trinajstić information content (AvgIpc) is 2.95. The minimum absolute atomic E-state index is 0. The molecule has 8 heteroatoms. The monoisotopic (exact) mass is 486 g/mol. The van der Waals surface area contributed by atoms with Gasteiger partial charge < -0.3 is 19.9 Å². The molecule has 0 radical (unpaired) electrons. The van der Waals surface area contributed by atoms with Crippen molar-refractivity contribution in [3.8, 4) is 5.75 Å². The molecule has 27 heavy (non-hydrogen) atoms. The first-order valence-corrected chi connectivity index (χ1v) is 9.00. The third-order valence-corrected chi connectivity index (χ3v) is 4.39. The highest BCUT2D eigenvalue weighted by molar-refractivity contribution is 14.0. The molecule has 150 valence electrons. The van der Waals surface area contributed by atoms with Crippen LogP contribution in [-0.4, -0.2) is 33.9 Å². The molecule has 0 aliphatic carbocycles. The number of guanidine groups is 1. The van der Waals surface area contributed by atoms with Crippen molar-refractivity contribution in [1.29, 1.82) is 0 Å². The number of hydrogen-bond acceptors (Lipinski definition) is 4. The van der Waals surface area contributed by atoms with Crippen LogP contribution < -0.4 is 15.4 Å². The van der Waals surface area contributed by atoms with E-state index in [1.165, 1.54) is 5.56 Å². The first-order valence-electron chi connectivity index (χ1n) is 9.00. The molecule has 2 aromatic rings. The number of nitrogens with one attached hydrogen (secondary N) is 2. The number of aromatic nitrogens is 3. The molecule has 1 atom stereocenters. The average molecular weight is 486 g/mol. The Morgan fingerprint density at radius 2 is 1.93 bits per heavy atom. The van der Waals surface area contributed by atoms with Crippen molar-refractivity contribution in [1.82, 2.24) is 25.4 Å². The Bertz CT molecular complexity index is 759. The van der Waals surface area contributed by atoms with Gasteiger partial charge in [-0.15, -0.1) is 34.2 Å². The van der Waals surface area contributed by atoms with Crippen LogP contribution in [-0.2, 0) is 20.1 Å². The summed E-state index contributed by atoms with van der Waals surface area (Å²) in [5.74, 6) is 3.38. The lowest BCUT2D eigenvalue weighted by Gasteiger charge is -2.18. The van der Waals surface area contributed by atoms with E-state index in [0.29, 0.717) is 19.0 Å². The van der Waals surface area contributed by atoms with E-state index < -0.39 is 0 Å². The van der Waals surface area contributed by atoms with Crippen LogP contribution in [0.25, 0.3) is 0 Å². The van der Waals surface area contributed by atoms with Crippen molar-refractivity contribution in [2.24, 2.45) is 12.0 Å². The van der Waals surface area contributed by atoms with Gasteiger partial charge in [-0.1, -0.05) is 19.1 Å². The van der Waals surface area contributed by atoms with E-state index in [-0.39, 0.29) is 30.1 Å². The smallest absolute Gasteiger partial charge is 0.191 e. The SMILES string of the molecule is CCC(C)Oc1cc(C)ccc1CNC(=NC)NCc1nnc(C)n1C.I. The van der Waals surface area contributed by atoms with Crippen LogP contribution in [0.5, 0.6) is 5.75 Å². The predicted molar refractivity (Wildman–Crippen MR) is 120 cm³/mol. The molecule has 1 aromatic heterocycles. The maximum Gasteiger partial charge on any atom is 0.191 e. The number of ether oxygens (including phenoxy) is 1. The van der Waals surface area contributed by atoms with Crippen LogP contribution in [0.2, 0.25) is 0 Å². The van der Waals surface area contributed by atoms with Crippen LogP contribution in [0.4, 0.5) is 0 Å². The van der Waals surface area contributed by atoms with Gasteiger partial charge in [0.15, 0.2) is 11.8 Å². The van der Waals surface area contributed by atoms with Crippen molar-refractivity contribution >= 4 is 29.9 Å². The van der Waals surface area contributed by atoms with Crippen LogP contribution >= 0.6 is 24.0 Å². The number of aryl methyl sites for hydroxylation is 2. The second-order valence-electron chi connectivity index (χ2n) is 6.45. The van der Waals surface area contributed by atoms with Crippen molar-refractivity contribution in [2.75, 3.05) is 7.05 Å². The van der Waals surface area contributed by atoms with Gasteiger partial charge in [0.1, 0.15) is 11.6 Å². The molecule has 0 bridgehead atoms. The van der Waals surface area contributed by atoms with Gasteiger partial charge in [-0.05, 0) is 38.8 Å². The predicted octanol–water partition coefficient (Wildman–Crippen LogP) is 3.09. The molecule has 0 amide bonds. The first kappa shape index (κ1) is 23.2. The third kappa shape index (κ3) is 6.67. The van der Waals surface area contributed by atoms with Gasteiger partial charge in [-0.2, -0.15) is 0 Å². The van der Waals surface area contributed by atoms with Crippen molar-refractivity contribution < 1.29 is 4.74 Å². The van der Waals surface area contributed by atoms with E-state index >= 15 is 0 Å². The van der Waals surface area contributed by atoms with E-state index in [9.17, 15) is 0 Å². The molecular formula is C19H31IN6O. The quantitative estimate of drug-likeness (QED) is 0.358. The Morgan fingerprint density at radius 3 is 2.52 bits per heavy atom. The minimum atomic E-state index is 0. The molecule has 0 aliphatic heterocycles. The van der Waals surface area contributed by atoms with Crippen LogP contribution in [0.15, 0.2) is 23.2 Å². The Morgan fingerprint density at radius 1 is 1.22 bits per heavy atom. The summed E-state index contributed by atoms with van der Waals surface area (Å²) in [6.07, 6.45) is 1.16. The molecule has 2 rings (SSSR count). The molecule has 0 saturated heterocycles. The van der Waals surface area contributed by atoms with Crippen molar-refractivity contribution in [3.05, 3.63) is 41.0 Å². The highest BCUT2D eigenvalue weighted by Crippen LogP contribution is 2.22. The standard InChI is InChI=1S/C19H30N6O.HI/c1-7-14(3)26-17-10-13(2)8-9-16(17)11-21-19(20-5)22-12-18-24-23-15(4)25(18)6;/h8-10,14H,7,11-12H2,1-6H3,(H2,20,21,22);1H. The van der Waals surface area contributed by atoms with Gasteiger partial charge in [0, 0.05) is 26.2 Å². The number of hydrogen-bond donors (Lipinski definition) is 2. The van der Waals surface area contributed by atoms with E-state index in [1.54, 1.807) is 7.05 Å². The largest absolute Gasteiger partial charge is 0.490 e. The molecule has 0 saturated carbocycles. The van der Waals surface area contributed by atoms with Crippen molar-refractivity contribution in [2.45, 2.75) is 53.3 Å². The zero-order valence-corrected chi connectivity index (χ0v) is 19.4. The lowest BCUT2D eigenvalue weighted by atomic mass is 10.1. The highest BCUT2D eigenvalue weighted by atomic mass is 127. The summed E-state index contributed by atoms with van der Waals surface area (Å²) in [6.45, 7) is 9.40. The van der Waals surface area contributed by atoms with Gasteiger partial charge >= 0.3 is 0 Å². The maximum absolute atomic E-state index is 6.07. The Hall–Kier alpha value is -1.84. The molecule has 1 unspecified atom stereocenters. The number of halogens is 1. The van der Waals surface area contributed by atoms with E-state index in [0.717, 1.165) is 29.4 Å². The summed E-state index contributed by atoms with van der Waals surface area (Å²) in [5.41, 5.74) is 2.29. The maximum atomic E-state index is 6.07. The van der Waals surface area contributed by atoms with Crippen molar-refractivity contribution in [3.63, 3.8) is 0 Å². The first-order chi connectivity index (χ1) is 12.4. The molecule has 1 heterocycles. The molecule has 2 N–H and O–H groups in total. The van der Waals surface area contributed by atoms with E-state index in [4.69, 9.17) is 4.74 Å². The Balaban J connectivity index is 0.00000364. The summed E-state index contributed by atoms with van der Waals surface area (Å²) in [6, 6.07) is 6.28. The molecule has 0 aliphatic rings. The van der Waals surface area contributed by atoms with Gasteiger partial charge in [0.25, 0.3) is 0 Å². The zero-order valence-electron chi connectivity index (χ0n) is 17.0. The fraction of sp³-hybridized carbons (Fsp3) is 0.526. The second kappa shape index (κ2) is 11.1. The normalized spacial score (nSPS) is 12.3. The van der Waals surface area contributed by atoms with Gasteiger partial charge in [0.2, 0.25) is 0 Å². The molecule has 0 fully saturated rings. The lowest BCUT2D eigenvalue weighted by Crippen LogP contribution is -2.37. The Labute approximate surface area is 179 Å².